The van der Waals surface area contributed by atoms with Crippen molar-refractivity contribution in [3.63, 3.8) is 0 Å². The van der Waals surface area contributed by atoms with E-state index in [1.54, 1.807) is 49.8 Å². The zero-order valence-electron chi connectivity index (χ0n) is 26.1. The number of aromatic nitrogens is 5. The Bertz CT molecular complexity index is 1480. The highest BCUT2D eigenvalue weighted by molar-refractivity contribution is 8.00. The van der Waals surface area contributed by atoms with Gasteiger partial charge in [-0.1, -0.05) is 12.1 Å². The van der Waals surface area contributed by atoms with Gasteiger partial charge in [-0.25, -0.2) is 14.6 Å². The molecule has 0 aromatic carbocycles. The molecule has 2 aliphatic heterocycles. The third kappa shape index (κ3) is 7.45. The second-order valence-electron chi connectivity index (χ2n) is 11.2. The van der Waals surface area contributed by atoms with Gasteiger partial charge in [-0.15, -0.1) is 22.4 Å². The normalized spacial score (nSPS) is 26.1. The Morgan fingerprint density at radius 3 is 2.19 bits per heavy atom. The van der Waals surface area contributed by atoms with Crippen LogP contribution in [0.3, 0.4) is 0 Å². The number of hydrogen-bond acceptors (Lipinski definition) is 17. The van der Waals surface area contributed by atoms with Gasteiger partial charge in [0, 0.05) is 47.1 Å². The number of hydrogen-bond donors (Lipinski definition) is 8. The molecule has 0 aliphatic carbocycles. The minimum absolute atomic E-state index is 0.411. The van der Waals surface area contributed by atoms with Crippen LogP contribution in [0.2, 0.25) is 0 Å². The first-order valence-electron chi connectivity index (χ1n) is 14.8. The Morgan fingerprint density at radius 1 is 0.957 bits per heavy atom. The van der Waals surface area contributed by atoms with Crippen molar-refractivity contribution >= 4 is 17.5 Å². The largest absolute Gasteiger partial charge is 0.481 e. The number of ether oxygens (including phenoxy) is 3. The molecule has 5 rings (SSSR count). The maximum atomic E-state index is 11.6. The molecular formula is C29H40N8O9S. The molecule has 8 unspecified atom stereocenters. The SMILES string of the molecule is COc1ccc(C2=CN(C3C(O)C(SC(C)C(O)C(C(O)[C@H](C)O)n4cc(-c5ccc(OC)nc5)nn4)OC(CO)[C@@H]3O)NN2)cn1. The summed E-state index contributed by atoms with van der Waals surface area (Å²) in [4.78, 5) is 8.37. The average Bonchev–Trinajstić information content (AvgIpc) is 3.77. The highest BCUT2D eigenvalue weighted by Crippen LogP contribution is 2.37. The predicted octanol–water partition coefficient (Wildman–Crippen LogP) is -1.35. The molecule has 1 saturated heterocycles. The van der Waals surface area contributed by atoms with E-state index in [1.807, 2.05) is 0 Å². The number of nitrogens with one attached hydrogen (secondary N) is 2. The summed E-state index contributed by atoms with van der Waals surface area (Å²) in [6.45, 7) is 2.51. The molecule has 0 saturated carbocycles. The highest BCUT2D eigenvalue weighted by Gasteiger charge is 2.49. The van der Waals surface area contributed by atoms with E-state index in [1.165, 1.54) is 37.0 Å². The van der Waals surface area contributed by atoms with Gasteiger partial charge in [-0.3, -0.25) is 5.01 Å². The van der Waals surface area contributed by atoms with E-state index in [9.17, 15) is 30.6 Å². The number of rotatable bonds is 13. The number of thioether (sulfide) groups is 1. The molecule has 1 fully saturated rings. The van der Waals surface area contributed by atoms with E-state index in [-0.39, 0.29) is 0 Å². The standard InChI is InChI=1S/C29H40N8O9S/c1-14(39)25(40)23(36-11-18(32-34-36)16-5-7-21(44-3)30-9-16)26(41)15(2)47-29-28(43)24(27(42)20(13-38)46-29)37-12-19(33-35-37)17-6-8-22(45-4)31-10-17/h5-12,14-15,20,23-29,33,35,38-43H,13H2,1-4H3/t14-,15?,20?,23?,24?,25?,26?,27-,28?,29?/m0/s1. The molecule has 0 radical (unpaired) electrons. The molecule has 256 valence electrons. The fraction of sp³-hybridized carbons (Fsp3) is 0.517. The molecular weight excluding hydrogens is 636 g/mol. The van der Waals surface area contributed by atoms with Crippen molar-refractivity contribution in [2.45, 2.75) is 73.2 Å². The maximum Gasteiger partial charge on any atom is 0.212 e. The van der Waals surface area contributed by atoms with E-state index >= 15 is 0 Å². The number of aliphatic hydroxyl groups is 6. The minimum Gasteiger partial charge on any atom is -0.481 e. The van der Waals surface area contributed by atoms with Gasteiger partial charge in [0.15, 0.2) is 0 Å². The van der Waals surface area contributed by atoms with Crippen molar-refractivity contribution in [2.75, 3.05) is 20.8 Å². The number of methoxy groups -OCH3 is 2. The lowest BCUT2D eigenvalue weighted by Crippen LogP contribution is -2.65. The van der Waals surface area contributed by atoms with E-state index in [0.717, 1.165) is 11.8 Å². The molecule has 17 nitrogen and oxygen atoms in total. The zero-order chi connectivity index (χ0) is 33.8. The second kappa shape index (κ2) is 15.1. The van der Waals surface area contributed by atoms with Gasteiger partial charge in [0.2, 0.25) is 11.8 Å². The molecule has 8 N–H and O–H groups in total. The minimum atomic E-state index is -1.45. The van der Waals surface area contributed by atoms with Crippen molar-refractivity contribution in [1.82, 2.24) is 40.9 Å². The summed E-state index contributed by atoms with van der Waals surface area (Å²) in [5.41, 5.74) is 7.21. The highest BCUT2D eigenvalue weighted by atomic mass is 32.2. The third-order valence-corrected chi connectivity index (χ3v) is 9.46. The molecule has 3 aromatic rings. The van der Waals surface area contributed by atoms with Crippen molar-refractivity contribution in [3.05, 3.63) is 54.6 Å². The van der Waals surface area contributed by atoms with Crippen LogP contribution < -0.4 is 20.4 Å². The molecule has 3 aromatic heterocycles. The van der Waals surface area contributed by atoms with Crippen LogP contribution in [-0.2, 0) is 4.74 Å². The Hall–Kier alpha value is -3.59. The van der Waals surface area contributed by atoms with Gasteiger partial charge >= 0.3 is 0 Å². The summed E-state index contributed by atoms with van der Waals surface area (Å²) in [7, 11) is 3.01. The Kier molecular flexibility index (Phi) is 11.2. The molecule has 2 aliphatic rings. The first-order chi connectivity index (χ1) is 22.6. The fourth-order valence-corrected chi connectivity index (χ4v) is 6.66. The lowest BCUT2D eigenvalue weighted by Gasteiger charge is -2.46. The van der Waals surface area contributed by atoms with Crippen molar-refractivity contribution < 1.29 is 44.8 Å². The lowest BCUT2D eigenvalue weighted by atomic mass is 9.97. The van der Waals surface area contributed by atoms with Crippen molar-refractivity contribution in [1.29, 1.82) is 0 Å². The van der Waals surface area contributed by atoms with Crippen LogP contribution in [0.25, 0.3) is 17.0 Å². The summed E-state index contributed by atoms with van der Waals surface area (Å²) in [6, 6.07) is 4.72. The number of nitrogens with zero attached hydrogens (tertiary/aromatic N) is 6. The molecule has 0 amide bonds. The van der Waals surface area contributed by atoms with E-state index in [0.29, 0.717) is 34.3 Å². The lowest BCUT2D eigenvalue weighted by molar-refractivity contribution is -0.189. The third-order valence-electron chi connectivity index (χ3n) is 8.09. The van der Waals surface area contributed by atoms with Gasteiger partial charge in [-0.05, 0) is 19.1 Å². The first kappa shape index (κ1) is 34.7. The Labute approximate surface area is 274 Å². The summed E-state index contributed by atoms with van der Waals surface area (Å²) in [6.07, 6.45) is -1.43. The van der Waals surface area contributed by atoms with Gasteiger partial charge < -0.3 is 50.3 Å². The van der Waals surface area contributed by atoms with Crippen molar-refractivity contribution in [2.24, 2.45) is 0 Å². The fourth-order valence-electron chi connectivity index (χ4n) is 5.38. The second-order valence-corrected chi connectivity index (χ2v) is 12.7. The number of hydrazine groups is 2. The smallest absolute Gasteiger partial charge is 0.212 e. The van der Waals surface area contributed by atoms with E-state index in [4.69, 9.17) is 14.2 Å². The van der Waals surface area contributed by atoms with Gasteiger partial charge in [0.25, 0.3) is 0 Å². The summed E-state index contributed by atoms with van der Waals surface area (Å²) in [5, 5.41) is 74.5. The van der Waals surface area contributed by atoms with Crippen LogP contribution >= 0.6 is 11.8 Å². The number of aliphatic hydroxyl groups excluding tert-OH is 6. The van der Waals surface area contributed by atoms with Crippen LogP contribution in [0.15, 0.2) is 49.1 Å². The molecule has 5 heterocycles. The Balaban J connectivity index is 1.34. The molecule has 0 spiro atoms. The van der Waals surface area contributed by atoms with Crippen LogP contribution in [0.5, 0.6) is 11.8 Å². The van der Waals surface area contributed by atoms with Crippen LogP contribution in [0, 0.1) is 0 Å². The van der Waals surface area contributed by atoms with Crippen LogP contribution in [-0.4, -0.2) is 135 Å². The maximum absolute atomic E-state index is 11.6. The van der Waals surface area contributed by atoms with Crippen LogP contribution in [0.1, 0.15) is 25.5 Å². The Morgan fingerprint density at radius 2 is 1.62 bits per heavy atom. The first-order valence-corrected chi connectivity index (χ1v) is 15.8. The number of pyridine rings is 2. The predicted molar refractivity (Wildman–Crippen MR) is 168 cm³/mol. The van der Waals surface area contributed by atoms with Crippen LogP contribution in [0.4, 0.5) is 0 Å². The average molecular weight is 677 g/mol. The summed E-state index contributed by atoms with van der Waals surface area (Å²) < 4.78 is 17.4. The molecule has 10 atom stereocenters. The topological polar surface area (TPSA) is 233 Å². The summed E-state index contributed by atoms with van der Waals surface area (Å²) >= 11 is 1.04. The molecule has 18 heteroatoms. The summed E-state index contributed by atoms with van der Waals surface area (Å²) in [5.74, 6) is 0.856. The van der Waals surface area contributed by atoms with E-state index in [2.05, 4.69) is 31.2 Å². The monoisotopic (exact) mass is 676 g/mol. The van der Waals surface area contributed by atoms with Gasteiger partial charge in [-0.2, -0.15) is 0 Å². The van der Waals surface area contributed by atoms with E-state index < -0.39 is 66.0 Å². The van der Waals surface area contributed by atoms with Gasteiger partial charge in [0.1, 0.15) is 47.6 Å². The molecule has 47 heavy (non-hydrogen) atoms. The quantitative estimate of drug-likeness (QED) is 0.105. The zero-order valence-corrected chi connectivity index (χ0v) is 26.9. The molecule has 0 bridgehead atoms. The van der Waals surface area contributed by atoms with Gasteiger partial charge in [0.05, 0.1) is 44.9 Å². The van der Waals surface area contributed by atoms with Crippen molar-refractivity contribution in [3.8, 4) is 23.0 Å².